The van der Waals surface area contributed by atoms with Gasteiger partial charge in [-0.2, -0.15) is 0 Å². The molecule has 0 saturated carbocycles. The fraction of sp³-hybridized carbons (Fsp3) is 0.190. The van der Waals surface area contributed by atoms with Crippen LogP contribution in [-0.2, 0) is 0 Å². The van der Waals surface area contributed by atoms with Crippen molar-refractivity contribution >= 4 is 11.6 Å². The van der Waals surface area contributed by atoms with E-state index in [9.17, 15) is 22.4 Å². The summed E-state index contributed by atoms with van der Waals surface area (Å²) in [5, 5.41) is 2.59. The Hall–Kier alpha value is -3.89. The van der Waals surface area contributed by atoms with Gasteiger partial charge in [0.05, 0.1) is 19.5 Å². The maximum Gasteiger partial charge on any atom is 0.573 e. The first-order chi connectivity index (χ1) is 15.1. The average Bonchev–Trinajstić information content (AvgIpc) is 2.70. The largest absolute Gasteiger partial charge is 0.573 e. The van der Waals surface area contributed by atoms with Crippen LogP contribution < -0.4 is 19.5 Å². The molecule has 3 aromatic rings. The Balaban J connectivity index is 1.92. The molecule has 0 saturated heterocycles. The van der Waals surface area contributed by atoms with E-state index in [2.05, 4.69) is 20.0 Å². The summed E-state index contributed by atoms with van der Waals surface area (Å²) in [7, 11) is 1.20. The third kappa shape index (κ3) is 5.42. The number of aryl methyl sites for hydroxylation is 2. The van der Waals surface area contributed by atoms with Gasteiger partial charge < -0.3 is 19.5 Å². The first-order valence-corrected chi connectivity index (χ1v) is 9.07. The summed E-state index contributed by atoms with van der Waals surface area (Å²) >= 11 is 0. The molecule has 2 heterocycles. The molecule has 0 unspecified atom stereocenters. The van der Waals surface area contributed by atoms with Gasteiger partial charge in [-0.15, -0.1) is 13.2 Å². The molecule has 3 rings (SSSR count). The Labute approximate surface area is 180 Å². The van der Waals surface area contributed by atoms with Crippen LogP contribution in [0.2, 0.25) is 0 Å². The molecule has 0 fully saturated rings. The minimum atomic E-state index is -4.89. The second kappa shape index (κ2) is 9.08. The Bertz CT molecular complexity index is 1150. The van der Waals surface area contributed by atoms with Crippen LogP contribution in [0.15, 0.2) is 42.9 Å². The van der Waals surface area contributed by atoms with E-state index in [1.54, 1.807) is 26.1 Å². The number of amides is 1. The number of ether oxygens (including phenoxy) is 3. The summed E-state index contributed by atoms with van der Waals surface area (Å²) in [6.07, 6.45) is -1.40. The molecule has 0 aliphatic carbocycles. The van der Waals surface area contributed by atoms with Crippen molar-refractivity contribution < 1.29 is 36.6 Å². The molecule has 1 N–H and O–H groups in total. The van der Waals surface area contributed by atoms with Gasteiger partial charge in [0.1, 0.15) is 11.3 Å². The average molecular weight is 451 g/mol. The third-order valence-electron chi connectivity index (χ3n) is 4.17. The van der Waals surface area contributed by atoms with Gasteiger partial charge in [0, 0.05) is 23.6 Å². The Morgan fingerprint density at radius 3 is 2.47 bits per heavy atom. The van der Waals surface area contributed by atoms with Crippen LogP contribution in [-0.4, -0.2) is 29.3 Å². The fourth-order valence-electron chi connectivity index (χ4n) is 2.71. The number of hydrogen-bond acceptors (Lipinski definition) is 6. The zero-order chi connectivity index (χ0) is 23.5. The van der Waals surface area contributed by atoms with Gasteiger partial charge in [-0.25, -0.2) is 4.39 Å². The Kier molecular flexibility index (Phi) is 6.47. The van der Waals surface area contributed by atoms with Gasteiger partial charge in [-0.3, -0.25) is 14.8 Å². The van der Waals surface area contributed by atoms with Crippen molar-refractivity contribution in [3.63, 3.8) is 0 Å². The minimum Gasteiger partial charge on any atom is -0.493 e. The number of rotatable bonds is 6. The number of anilines is 1. The van der Waals surface area contributed by atoms with Gasteiger partial charge >= 0.3 is 6.36 Å². The van der Waals surface area contributed by atoms with Crippen LogP contribution in [0, 0.1) is 19.7 Å². The molecule has 1 amide bonds. The van der Waals surface area contributed by atoms with Crippen molar-refractivity contribution in [1.29, 1.82) is 0 Å². The molecule has 0 spiro atoms. The first-order valence-electron chi connectivity index (χ1n) is 9.07. The smallest absolute Gasteiger partial charge is 0.493 e. The van der Waals surface area contributed by atoms with Gasteiger partial charge in [0.15, 0.2) is 23.1 Å². The summed E-state index contributed by atoms with van der Waals surface area (Å²) in [6.45, 7) is 3.45. The summed E-state index contributed by atoms with van der Waals surface area (Å²) in [4.78, 5) is 20.6. The molecule has 32 heavy (non-hydrogen) atoms. The highest BCUT2D eigenvalue weighted by Crippen LogP contribution is 2.37. The van der Waals surface area contributed by atoms with Gasteiger partial charge in [-0.05, 0) is 37.6 Å². The van der Waals surface area contributed by atoms with Crippen LogP contribution in [0.3, 0.4) is 0 Å². The van der Waals surface area contributed by atoms with Crippen molar-refractivity contribution in [2.75, 3.05) is 12.4 Å². The normalized spacial score (nSPS) is 11.1. The lowest BCUT2D eigenvalue weighted by Gasteiger charge is -2.16. The Morgan fingerprint density at radius 1 is 1.03 bits per heavy atom. The number of carbonyl (C=O) groups excluding carboxylic acids is 1. The Morgan fingerprint density at radius 2 is 1.78 bits per heavy atom. The molecule has 7 nitrogen and oxygen atoms in total. The number of alkyl halides is 3. The quantitative estimate of drug-likeness (QED) is 0.520. The van der Waals surface area contributed by atoms with Crippen LogP contribution in [0.25, 0.3) is 0 Å². The molecular weight excluding hydrogens is 434 g/mol. The van der Waals surface area contributed by atoms with Crippen molar-refractivity contribution in [2.45, 2.75) is 20.2 Å². The first kappa shape index (κ1) is 22.8. The highest BCUT2D eigenvalue weighted by molar-refractivity contribution is 6.06. The topological polar surface area (TPSA) is 82.6 Å². The maximum atomic E-state index is 14.5. The van der Waals surface area contributed by atoms with Gasteiger partial charge in [0.2, 0.25) is 0 Å². The van der Waals surface area contributed by atoms with E-state index in [-0.39, 0.29) is 17.2 Å². The zero-order valence-corrected chi connectivity index (χ0v) is 17.1. The van der Waals surface area contributed by atoms with E-state index in [1.807, 2.05) is 0 Å². The number of pyridine rings is 2. The molecule has 0 bridgehead atoms. The third-order valence-corrected chi connectivity index (χ3v) is 4.17. The molecule has 11 heteroatoms. The summed E-state index contributed by atoms with van der Waals surface area (Å²) in [6, 6.07) is 4.68. The summed E-state index contributed by atoms with van der Waals surface area (Å²) < 4.78 is 66.3. The molecule has 0 aliphatic heterocycles. The van der Waals surface area contributed by atoms with Crippen LogP contribution in [0.1, 0.15) is 21.6 Å². The van der Waals surface area contributed by atoms with Crippen molar-refractivity contribution in [3.05, 3.63) is 65.5 Å². The van der Waals surface area contributed by atoms with Crippen molar-refractivity contribution in [3.8, 4) is 23.0 Å². The number of nitrogens with zero attached hydrogens (tertiary/aromatic N) is 2. The molecule has 0 radical (unpaired) electrons. The second-order valence-corrected chi connectivity index (χ2v) is 6.55. The summed E-state index contributed by atoms with van der Waals surface area (Å²) in [5.41, 5.74) is 1.27. The highest BCUT2D eigenvalue weighted by Gasteiger charge is 2.31. The standard InChI is InChI=1S/C21H17F4N3O4/c1-11-8-27-12(2)6-15(11)28-20(29)19-14(22)9-26-10-18(19)31-16-5-4-13(7-17(16)30-3)32-21(23,24)25/h4-10H,1-3H3,(H,27,28,29). The van der Waals surface area contributed by atoms with E-state index in [0.717, 1.165) is 30.6 Å². The number of carbonyl (C=O) groups is 1. The lowest BCUT2D eigenvalue weighted by Crippen LogP contribution is -2.17. The molecular formula is C21H17F4N3O4. The van der Waals surface area contributed by atoms with E-state index in [1.165, 1.54) is 7.11 Å². The fourth-order valence-corrected chi connectivity index (χ4v) is 2.71. The minimum absolute atomic E-state index is 0.0839. The predicted molar refractivity (Wildman–Crippen MR) is 106 cm³/mol. The summed E-state index contributed by atoms with van der Waals surface area (Å²) in [5.74, 6) is -2.80. The monoisotopic (exact) mass is 451 g/mol. The SMILES string of the molecule is COc1cc(OC(F)(F)F)ccc1Oc1cncc(F)c1C(=O)Nc1cc(C)ncc1C. The number of aromatic nitrogens is 2. The molecule has 0 aliphatic rings. The number of benzene rings is 1. The second-order valence-electron chi connectivity index (χ2n) is 6.55. The van der Waals surface area contributed by atoms with E-state index in [0.29, 0.717) is 16.9 Å². The highest BCUT2D eigenvalue weighted by atomic mass is 19.4. The number of methoxy groups -OCH3 is 1. The van der Waals surface area contributed by atoms with Gasteiger partial charge in [-0.1, -0.05) is 0 Å². The van der Waals surface area contributed by atoms with E-state index >= 15 is 0 Å². The molecule has 168 valence electrons. The number of halogens is 4. The molecule has 1 aromatic carbocycles. The van der Waals surface area contributed by atoms with Gasteiger partial charge in [0.25, 0.3) is 5.91 Å². The van der Waals surface area contributed by atoms with E-state index in [4.69, 9.17) is 9.47 Å². The lowest BCUT2D eigenvalue weighted by molar-refractivity contribution is -0.274. The lowest BCUT2D eigenvalue weighted by atomic mass is 10.2. The van der Waals surface area contributed by atoms with E-state index < -0.39 is 29.4 Å². The van der Waals surface area contributed by atoms with Crippen LogP contribution in [0.4, 0.5) is 23.2 Å². The van der Waals surface area contributed by atoms with Crippen molar-refractivity contribution in [2.24, 2.45) is 0 Å². The van der Waals surface area contributed by atoms with Crippen LogP contribution >= 0.6 is 0 Å². The predicted octanol–water partition coefficient (Wildman–Crippen LogP) is 5.18. The number of hydrogen-bond donors (Lipinski definition) is 1. The maximum absolute atomic E-state index is 14.5. The molecule has 0 atom stereocenters. The van der Waals surface area contributed by atoms with Crippen LogP contribution in [0.5, 0.6) is 23.0 Å². The zero-order valence-electron chi connectivity index (χ0n) is 17.1. The number of nitrogens with one attached hydrogen (secondary N) is 1. The van der Waals surface area contributed by atoms with Crippen molar-refractivity contribution in [1.82, 2.24) is 9.97 Å². The molecule has 2 aromatic heterocycles.